The molecule has 0 aliphatic heterocycles. The van der Waals surface area contributed by atoms with Crippen LogP contribution in [0, 0.1) is 13.8 Å². The highest BCUT2D eigenvalue weighted by Crippen LogP contribution is 2.35. The molecule has 0 aliphatic rings. The van der Waals surface area contributed by atoms with Crippen LogP contribution in [0.15, 0.2) is 54.6 Å². The number of benzene rings is 3. The predicted octanol–water partition coefficient (Wildman–Crippen LogP) is 4.71. The van der Waals surface area contributed by atoms with E-state index in [2.05, 4.69) is 62.4 Å². The van der Waals surface area contributed by atoms with E-state index < -0.39 is 0 Å². The molecular formula is C18H17N. The number of aryl methyl sites for hydroxylation is 1. The van der Waals surface area contributed by atoms with Gasteiger partial charge < -0.3 is 5.73 Å². The van der Waals surface area contributed by atoms with E-state index in [4.69, 9.17) is 5.73 Å². The topological polar surface area (TPSA) is 26.0 Å². The maximum atomic E-state index is 6.21. The van der Waals surface area contributed by atoms with Crippen LogP contribution in [0.3, 0.4) is 0 Å². The number of anilines is 1. The molecule has 0 unspecified atom stereocenters. The second kappa shape index (κ2) is 4.43. The van der Waals surface area contributed by atoms with Gasteiger partial charge in [0.25, 0.3) is 0 Å². The summed E-state index contributed by atoms with van der Waals surface area (Å²) < 4.78 is 0. The van der Waals surface area contributed by atoms with Gasteiger partial charge in [-0.15, -0.1) is 0 Å². The summed E-state index contributed by atoms with van der Waals surface area (Å²) in [5, 5.41) is 2.51. The number of nitrogen functional groups attached to an aromatic ring is 1. The van der Waals surface area contributed by atoms with Gasteiger partial charge in [0.05, 0.1) is 0 Å². The predicted molar refractivity (Wildman–Crippen MR) is 83.3 cm³/mol. The fourth-order valence-corrected chi connectivity index (χ4v) is 2.64. The van der Waals surface area contributed by atoms with Crippen molar-refractivity contribution in [2.24, 2.45) is 0 Å². The number of hydrogen-bond donors (Lipinski definition) is 1. The summed E-state index contributed by atoms with van der Waals surface area (Å²) in [6.45, 7) is 4.27. The summed E-state index contributed by atoms with van der Waals surface area (Å²) in [4.78, 5) is 0. The van der Waals surface area contributed by atoms with Crippen LogP contribution >= 0.6 is 0 Å². The summed E-state index contributed by atoms with van der Waals surface area (Å²) in [5.41, 5.74) is 12.0. The molecule has 0 fully saturated rings. The van der Waals surface area contributed by atoms with Gasteiger partial charge in [-0.1, -0.05) is 48.5 Å². The highest BCUT2D eigenvalue weighted by Gasteiger charge is 2.10. The van der Waals surface area contributed by atoms with Crippen LogP contribution < -0.4 is 5.73 Å². The Labute approximate surface area is 113 Å². The Kier molecular flexibility index (Phi) is 2.75. The maximum Gasteiger partial charge on any atom is 0.0396 e. The SMILES string of the molecule is Cc1ccc(N)c(-c2cccc3ccccc23)c1C. The molecule has 2 N–H and O–H groups in total. The average molecular weight is 247 g/mol. The molecule has 1 heteroatoms. The van der Waals surface area contributed by atoms with Crippen molar-refractivity contribution in [2.75, 3.05) is 5.73 Å². The molecule has 0 heterocycles. The Hall–Kier alpha value is -2.28. The molecule has 0 saturated carbocycles. The van der Waals surface area contributed by atoms with Crippen LogP contribution in [0.5, 0.6) is 0 Å². The van der Waals surface area contributed by atoms with E-state index in [1.54, 1.807) is 0 Å². The molecule has 1 nitrogen and oxygen atoms in total. The molecule has 0 radical (unpaired) electrons. The number of nitrogens with two attached hydrogens (primary N) is 1. The molecule has 3 aromatic rings. The van der Waals surface area contributed by atoms with Gasteiger partial charge in [-0.25, -0.2) is 0 Å². The number of fused-ring (bicyclic) bond motifs is 1. The maximum absolute atomic E-state index is 6.21. The molecule has 0 amide bonds. The first kappa shape index (κ1) is 11.8. The molecule has 0 bridgehead atoms. The summed E-state index contributed by atoms with van der Waals surface area (Å²) in [7, 11) is 0. The van der Waals surface area contributed by atoms with E-state index >= 15 is 0 Å². The third-order valence-corrected chi connectivity index (χ3v) is 3.83. The molecule has 0 spiro atoms. The minimum atomic E-state index is 0.847. The van der Waals surface area contributed by atoms with Gasteiger partial charge in [0.1, 0.15) is 0 Å². The molecule has 19 heavy (non-hydrogen) atoms. The van der Waals surface area contributed by atoms with Crippen molar-refractivity contribution in [3.8, 4) is 11.1 Å². The molecule has 94 valence electrons. The van der Waals surface area contributed by atoms with E-state index in [1.807, 2.05) is 6.07 Å². The van der Waals surface area contributed by atoms with E-state index in [0.29, 0.717) is 0 Å². The van der Waals surface area contributed by atoms with E-state index in [-0.39, 0.29) is 0 Å². The van der Waals surface area contributed by atoms with Gasteiger partial charge in [-0.05, 0) is 47.4 Å². The van der Waals surface area contributed by atoms with Crippen molar-refractivity contribution in [3.05, 3.63) is 65.7 Å². The van der Waals surface area contributed by atoms with Crippen molar-refractivity contribution >= 4 is 16.5 Å². The standard InChI is InChI=1S/C18H17N/c1-12-10-11-17(19)18(13(12)2)16-9-5-7-14-6-3-4-8-15(14)16/h3-11H,19H2,1-2H3. The second-order valence-electron chi connectivity index (χ2n) is 5.00. The third-order valence-electron chi connectivity index (χ3n) is 3.83. The Bertz CT molecular complexity index is 751. The zero-order valence-electron chi connectivity index (χ0n) is 11.3. The summed E-state index contributed by atoms with van der Waals surface area (Å²) in [6.07, 6.45) is 0. The van der Waals surface area contributed by atoms with Crippen molar-refractivity contribution in [1.82, 2.24) is 0 Å². The summed E-state index contributed by atoms with van der Waals surface area (Å²) in [5.74, 6) is 0. The van der Waals surface area contributed by atoms with Gasteiger partial charge in [-0.2, -0.15) is 0 Å². The van der Waals surface area contributed by atoms with Crippen molar-refractivity contribution in [3.63, 3.8) is 0 Å². The molecule has 3 rings (SSSR count). The van der Waals surface area contributed by atoms with Crippen molar-refractivity contribution < 1.29 is 0 Å². The van der Waals surface area contributed by atoms with E-state index in [1.165, 1.54) is 27.5 Å². The lowest BCUT2D eigenvalue weighted by Crippen LogP contribution is -1.95. The second-order valence-corrected chi connectivity index (χ2v) is 5.00. The van der Waals surface area contributed by atoms with Crippen LogP contribution in [0.1, 0.15) is 11.1 Å². The first-order valence-electron chi connectivity index (χ1n) is 6.52. The Morgan fingerprint density at radius 2 is 1.53 bits per heavy atom. The first-order valence-corrected chi connectivity index (χ1v) is 6.52. The molecule has 0 aromatic heterocycles. The van der Waals surface area contributed by atoms with Crippen molar-refractivity contribution in [2.45, 2.75) is 13.8 Å². The van der Waals surface area contributed by atoms with Gasteiger partial charge in [0, 0.05) is 11.3 Å². The average Bonchev–Trinajstić information content (AvgIpc) is 2.44. The fourth-order valence-electron chi connectivity index (χ4n) is 2.64. The van der Waals surface area contributed by atoms with Crippen LogP contribution in [-0.2, 0) is 0 Å². The lowest BCUT2D eigenvalue weighted by atomic mass is 9.92. The zero-order chi connectivity index (χ0) is 13.4. The van der Waals surface area contributed by atoms with E-state index in [0.717, 1.165) is 11.3 Å². The number of rotatable bonds is 1. The van der Waals surface area contributed by atoms with Crippen LogP contribution in [0.2, 0.25) is 0 Å². The smallest absolute Gasteiger partial charge is 0.0396 e. The van der Waals surface area contributed by atoms with Crippen LogP contribution in [-0.4, -0.2) is 0 Å². The Morgan fingerprint density at radius 1 is 0.789 bits per heavy atom. The first-order chi connectivity index (χ1) is 9.18. The molecule has 0 aliphatic carbocycles. The molecule has 0 saturated heterocycles. The summed E-state index contributed by atoms with van der Waals surface area (Å²) in [6, 6.07) is 18.9. The minimum absolute atomic E-state index is 0.847. The highest BCUT2D eigenvalue weighted by molar-refractivity contribution is 6.00. The van der Waals surface area contributed by atoms with Gasteiger partial charge in [0.2, 0.25) is 0 Å². The van der Waals surface area contributed by atoms with Gasteiger partial charge in [-0.3, -0.25) is 0 Å². The van der Waals surface area contributed by atoms with E-state index in [9.17, 15) is 0 Å². The zero-order valence-corrected chi connectivity index (χ0v) is 11.3. The van der Waals surface area contributed by atoms with Crippen LogP contribution in [0.4, 0.5) is 5.69 Å². The number of hydrogen-bond acceptors (Lipinski definition) is 1. The lowest BCUT2D eigenvalue weighted by Gasteiger charge is -2.14. The highest BCUT2D eigenvalue weighted by atomic mass is 14.6. The lowest BCUT2D eigenvalue weighted by molar-refractivity contribution is 1.34. The molecular weight excluding hydrogens is 230 g/mol. The monoisotopic (exact) mass is 247 g/mol. The molecule has 3 aromatic carbocycles. The molecule has 0 atom stereocenters. The Morgan fingerprint density at radius 3 is 2.37 bits per heavy atom. The largest absolute Gasteiger partial charge is 0.398 e. The minimum Gasteiger partial charge on any atom is -0.398 e. The van der Waals surface area contributed by atoms with Gasteiger partial charge in [0.15, 0.2) is 0 Å². The Balaban J connectivity index is 2.40. The van der Waals surface area contributed by atoms with Crippen molar-refractivity contribution in [1.29, 1.82) is 0 Å². The van der Waals surface area contributed by atoms with Crippen LogP contribution in [0.25, 0.3) is 21.9 Å². The third kappa shape index (κ3) is 1.88. The quantitative estimate of drug-likeness (QED) is 0.619. The van der Waals surface area contributed by atoms with Gasteiger partial charge >= 0.3 is 0 Å². The normalized spacial score (nSPS) is 10.8. The fraction of sp³-hybridized carbons (Fsp3) is 0.111. The summed E-state index contributed by atoms with van der Waals surface area (Å²) >= 11 is 0.